The number of carbonyl (C=O) groups is 1. The number of carbonyl (C=O) groups excluding carboxylic acids is 1. The topological polar surface area (TPSA) is 76.0 Å². The first-order valence-corrected chi connectivity index (χ1v) is 15.6. The lowest BCUT2D eigenvalue weighted by atomic mass is 9.41. The lowest BCUT2D eigenvalue weighted by Gasteiger charge is -2.63. The molecule has 1 saturated heterocycles. The molecular weight excluding hydrogens is 476 g/mol. The second-order valence-corrected chi connectivity index (χ2v) is 16.9. The fourth-order valence-corrected chi connectivity index (χ4v) is 12.5. The third-order valence-electron chi connectivity index (χ3n) is 14.1. The molecule has 0 radical (unpaired) electrons. The van der Waals surface area contributed by atoms with Gasteiger partial charge in [-0.15, -0.1) is 0 Å². The quantitative estimate of drug-likeness (QED) is 0.447. The fraction of sp³-hybridized carbons (Fsp3) is 0.970. The van der Waals surface area contributed by atoms with Gasteiger partial charge >= 0.3 is 0 Å². The normalized spacial score (nSPS) is 54.4. The van der Waals surface area contributed by atoms with Gasteiger partial charge in [-0.1, -0.05) is 34.6 Å². The first-order chi connectivity index (χ1) is 17.4. The van der Waals surface area contributed by atoms with Crippen LogP contribution in [0, 0.1) is 50.7 Å². The smallest absolute Gasteiger partial charge is 0.164 e. The van der Waals surface area contributed by atoms with Crippen LogP contribution >= 0.6 is 0 Å². The Kier molecular flexibility index (Phi) is 5.73. The Morgan fingerprint density at radius 3 is 2.24 bits per heavy atom. The van der Waals surface area contributed by atoms with Gasteiger partial charge in [0.25, 0.3) is 0 Å². The van der Waals surface area contributed by atoms with Crippen LogP contribution in [0.25, 0.3) is 0 Å². The third-order valence-corrected chi connectivity index (χ3v) is 14.1. The van der Waals surface area contributed by atoms with Crippen LogP contribution in [0.15, 0.2) is 0 Å². The van der Waals surface area contributed by atoms with Crippen molar-refractivity contribution in [3.05, 3.63) is 0 Å². The molecule has 38 heavy (non-hydrogen) atoms. The van der Waals surface area contributed by atoms with Crippen LogP contribution in [0.3, 0.4) is 0 Å². The van der Waals surface area contributed by atoms with E-state index in [1.165, 1.54) is 12.8 Å². The summed E-state index contributed by atoms with van der Waals surface area (Å²) in [5.41, 5.74) is -0.347. The molecule has 11 atom stereocenters. The number of aliphatic hydroxyl groups excluding tert-OH is 2. The van der Waals surface area contributed by atoms with Crippen LogP contribution < -0.4 is 0 Å². The molecular formula is C33H54O5. The standard InChI is InChI=1S/C33H54O5/c1-19(10-11-24-28(4,5)38-29(6,7)37-24)25-21(35)17-31(9)22-16-20(34)26-27(2,3)23(36)12-13-33(26)18-32(22,33)15-14-30(25,31)8/h19-22,24-26,34-35H,10-18H2,1-9H3/t19-,20+,21+,22+,24-,25+,26+,30-,31+,32+,33-/m1/s1. The number of ketones is 1. The maximum Gasteiger partial charge on any atom is 0.164 e. The Labute approximate surface area is 230 Å². The molecule has 0 aromatic carbocycles. The molecule has 6 rings (SSSR count). The van der Waals surface area contributed by atoms with Crippen LogP contribution in [-0.2, 0) is 14.3 Å². The van der Waals surface area contributed by atoms with Crippen molar-refractivity contribution in [2.24, 2.45) is 50.7 Å². The molecule has 6 aliphatic rings. The van der Waals surface area contributed by atoms with Crippen molar-refractivity contribution in [2.75, 3.05) is 0 Å². The summed E-state index contributed by atoms with van der Waals surface area (Å²) < 4.78 is 12.5. The molecule has 216 valence electrons. The maximum atomic E-state index is 13.0. The van der Waals surface area contributed by atoms with Crippen LogP contribution in [0.5, 0.6) is 0 Å². The first-order valence-electron chi connectivity index (χ1n) is 15.6. The van der Waals surface area contributed by atoms with E-state index in [0.717, 1.165) is 38.5 Å². The van der Waals surface area contributed by atoms with Crippen molar-refractivity contribution in [2.45, 2.75) is 150 Å². The summed E-state index contributed by atoms with van der Waals surface area (Å²) in [5.74, 6) is 0.926. The number of fused-ring (bicyclic) bond motifs is 2. The SMILES string of the molecule is C[C@H](CC[C@H]1OC(C)(C)OC1(C)C)[C@H]1[C@@H](O)C[C@@]2(C)[C@@H]3C[C@H](O)[C@H]4C(C)(C)C(=O)CC[C@@]45C[C@@]35CC[C@]12C. The number of Topliss-reactive ketones (excluding diaryl/α,β-unsaturated/α-hetero) is 1. The van der Waals surface area contributed by atoms with E-state index in [4.69, 9.17) is 9.47 Å². The minimum Gasteiger partial charge on any atom is -0.393 e. The summed E-state index contributed by atoms with van der Waals surface area (Å²) >= 11 is 0. The van der Waals surface area contributed by atoms with Crippen molar-refractivity contribution < 1.29 is 24.5 Å². The zero-order chi connectivity index (χ0) is 27.9. The highest BCUT2D eigenvalue weighted by atomic mass is 16.8. The fourth-order valence-electron chi connectivity index (χ4n) is 12.5. The minimum atomic E-state index is -0.551. The summed E-state index contributed by atoms with van der Waals surface area (Å²) in [5, 5.41) is 23.4. The number of aliphatic hydroxyl groups is 2. The largest absolute Gasteiger partial charge is 0.393 e. The van der Waals surface area contributed by atoms with Crippen molar-refractivity contribution in [3.63, 3.8) is 0 Å². The maximum absolute atomic E-state index is 13.0. The van der Waals surface area contributed by atoms with E-state index >= 15 is 0 Å². The summed E-state index contributed by atoms with van der Waals surface area (Å²) in [6.07, 6.45) is 8.04. The van der Waals surface area contributed by atoms with Gasteiger partial charge in [-0.3, -0.25) is 4.79 Å². The molecule has 5 nitrogen and oxygen atoms in total. The summed E-state index contributed by atoms with van der Waals surface area (Å²) in [6, 6.07) is 0. The Balaban J connectivity index is 1.25. The first kappa shape index (κ1) is 27.7. The van der Waals surface area contributed by atoms with Gasteiger partial charge in [0.2, 0.25) is 0 Å². The molecule has 0 aromatic rings. The molecule has 0 amide bonds. The Hall–Kier alpha value is -0.490. The Morgan fingerprint density at radius 2 is 1.61 bits per heavy atom. The van der Waals surface area contributed by atoms with Crippen LogP contribution in [0.1, 0.15) is 120 Å². The number of ether oxygens (including phenoxy) is 2. The van der Waals surface area contributed by atoms with Gasteiger partial charge in [-0.05, 0) is 118 Å². The van der Waals surface area contributed by atoms with E-state index in [1.54, 1.807) is 0 Å². The van der Waals surface area contributed by atoms with E-state index in [-0.39, 0.29) is 51.3 Å². The van der Waals surface area contributed by atoms with Crippen LogP contribution in [0.2, 0.25) is 0 Å². The van der Waals surface area contributed by atoms with E-state index in [0.29, 0.717) is 24.0 Å². The van der Waals surface area contributed by atoms with Gasteiger partial charge in [0.15, 0.2) is 5.79 Å². The monoisotopic (exact) mass is 530 g/mol. The predicted molar refractivity (Wildman–Crippen MR) is 147 cm³/mol. The van der Waals surface area contributed by atoms with Crippen molar-refractivity contribution in [1.29, 1.82) is 0 Å². The molecule has 1 heterocycles. The number of hydrogen-bond donors (Lipinski definition) is 2. The predicted octanol–water partition coefficient (Wildman–Crippen LogP) is 6.28. The second kappa shape index (κ2) is 7.86. The van der Waals surface area contributed by atoms with Crippen LogP contribution in [-0.4, -0.2) is 45.7 Å². The lowest BCUT2D eigenvalue weighted by molar-refractivity contribution is -0.183. The minimum absolute atomic E-state index is 0.00112. The van der Waals surface area contributed by atoms with E-state index in [9.17, 15) is 15.0 Å². The third kappa shape index (κ3) is 3.28. The van der Waals surface area contributed by atoms with Crippen LogP contribution in [0.4, 0.5) is 0 Å². The van der Waals surface area contributed by atoms with E-state index < -0.39 is 17.3 Å². The number of rotatable bonds is 4. The average Bonchev–Trinajstić information content (AvgIpc) is 3.29. The Bertz CT molecular complexity index is 1020. The molecule has 5 saturated carbocycles. The molecule has 0 aromatic heterocycles. The van der Waals surface area contributed by atoms with Gasteiger partial charge in [0.1, 0.15) is 5.78 Å². The molecule has 0 bridgehead atoms. The molecule has 5 aliphatic carbocycles. The summed E-state index contributed by atoms with van der Waals surface area (Å²) in [6.45, 7) is 19.8. The highest BCUT2D eigenvalue weighted by molar-refractivity contribution is 5.86. The Morgan fingerprint density at radius 1 is 0.921 bits per heavy atom. The lowest BCUT2D eigenvalue weighted by Crippen LogP contribution is -2.60. The van der Waals surface area contributed by atoms with E-state index in [2.05, 4.69) is 48.5 Å². The molecule has 0 unspecified atom stereocenters. The zero-order valence-corrected chi connectivity index (χ0v) is 25.5. The average molecular weight is 531 g/mol. The van der Waals surface area contributed by atoms with Gasteiger partial charge in [0, 0.05) is 17.8 Å². The van der Waals surface area contributed by atoms with Gasteiger partial charge in [-0.25, -0.2) is 0 Å². The van der Waals surface area contributed by atoms with Crippen molar-refractivity contribution >= 4 is 5.78 Å². The zero-order valence-electron chi connectivity index (χ0n) is 25.5. The number of hydrogen-bond acceptors (Lipinski definition) is 5. The molecule has 6 fully saturated rings. The van der Waals surface area contributed by atoms with E-state index in [1.807, 2.05) is 13.8 Å². The van der Waals surface area contributed by atoms with Gasteiger partial charge < -0.3 is 19.7 Å². The summed E-state index contributed by atoms with van der Waals surface area (Å²) in [4.78, 5) is 13.0. The van der Waals surface area contributed by atoms with Gasteiger partial charge in [-0.2, -0.15) is 0 Å². The molecule has 2 N–H and O–H groups in total. The highest BCUT2D eigenvalue weighted by Crippen LogP contribution is 2.88. The molecule has 5 heteroatoms. The highest BCUT2D eigenvalue weighted by Gasteiger charge is 2.84. The molecule has 1 aliphatic heterocycles. The second-order valence-electron chi connectivity index (χ2n) is 16.9. The molecule has 2 spiro atoms. The van der Waals surface area contributed by atoms with Gasteiger partial charge in [0.05, 0.1) is 23.9 Å². The van der Waals surface area contributed by atoms with Crippen molar-refractivity contribution in [1.82, 2.24) is 0 Å². The van der Waals surface area contributed by atoms with Crippen molar-refractivity contribution in [3.8, 4) is 0 Å². The summed E-state index contributed by atoms with van der Waals surface area (Å²) in [7, 11) is 0.